The Hall–Kier alpha value is -1.70. The molecule has 0 spiro atoms. The maximum absolute atomic E-state index is 12.6. The molecule has 8 heteroatoms. The maximum Gasteiger partial charge on any atom is 0.257 e. The molecular formula is C16H17ClN2O3S2. The number of carbonyl (C=O) groups excluding carboxylic acids is 1. The molecule has 128 valence electrons. The molecule has 24 heavy (non-hydrogen) atoms. The number of nitrogens with one attached hydrogen (secondary N) is 1. The largest absolute Gasteiger partial charge is 0.321 e. The van der Waals surface area contributed by atoms with Crippen molar-refractivity contribution >= 4 is 50.7 Å². The van der Waals surface area contributed by atoms with Crippen LogP contribution in [0, 0.1) is 0 Å². The first-order chi connectivity index (χ1) is 11.2. The minimum atomic E-state index is -3.43. The molecule has 0 heterocycles. The van der Waals surface area contributed by atoms with Gasteiger partial charge in [0.15, 0.2) is 0 Å². The van der Waals surface area contributed by atoms with Crippen molar-refractivity contribution in [1.82, 2.24) is 0 Å². The van der Waals surface area contributed by atoms with E-state index in [4.69, 9.17) is 11.6 Å². The molecule has 1 amide bonds. The van der Waals surface area contributed by atoms with Crippen LogP contribution in [0.15, 0.2) is 47.4 Å². The smallest absolute Gasteiger partial charge is 0.257 e. The van der Waals surface area contributed by atoms with E-state index in [9.17, 15) is 13.2 Å². The number of sulfonamides is 1. The van der Waals surface area contributed by atoms with Crippen LogP contribution in [0.2, 0.25) is 5.02 Å². The van der Waals surface area contributed by atoms with Gasteiger partial charge in [-0.05, 0) is 36.6 Å². The topological polar surface area (TPSA) is 66.5 Å². The summed E-state index contributed by atoms with van der Waals surface area (Å²) in [5, 5.41) is 3.06. The zero-order chi connectivity index (χ0) is 17.9. The van der Waals surface area contributed by atoms with Crippen molar-refractivity contribution < 1.29 is 13.2 Å². The monoisotopic (exact) mass is 384 g/mol. The molecule has 0 fully saturated rings. The van der Waals surface area contributed by atoms with E-state index in [0.717, 1.165) is 15.5 Å². The van der Waals surface area contributed by atoms with E-state index in [1.807, 2.05) is 24.5 Å². The summed E-state index contributed by atoms with van der Waals surface area (Å²) in [4.78, 5) is 13.5. The van der Waals surface area contributed by atoms with Crippen molar-refractivity contribution in [1.29, 1.82) is 0 Å². The van der Waals surface area contributed by atoms with Gasteiger partial charge in [-0.25, -0.2) is 8.42 Å². The summed E-state index contributed by atoms with van der Waals surface area (Å²) in [5.41, 5.74) is 1.25. The third-order valence-corrected chi connectivity index (χ3v) is 5.74. The molecule has 0 aliphatic rings. The molecule has 2 aromatic carbocycles. The van der Waals surface area contributed by atoms with E-state index in [1.54, 1.807) is 12.1 Å². The molecule has 2 aromatic rings. The summed E-state index contributed by atoms with van der Waals surface area (Å²) >= 11 is 7.63. The number of hydrogen-bond donors (Lipinski definition) is 1. The van der Waals surface area contributed by atoms with Gasteiger partial charge in [0, 0.05) is 11.9 Å². The quantitative estimate of drug-likeness (QED) is 0.798. The highest BCUT2D eigenvalue weighted by molar-refractivity contribution is 7.98. The number of nitrogens with zero attached hydrogens (tertiary/aromatic N) is 1. The van der Waals surface area contributed by atoms with E-state index in [0.29, 0.717) is 11.4 Å². The van der Waals surface area contributed by atoms with E-state index < -0.39 is 15.9 Å². The molecular weight excluding hydrogens is 368 g/mol. The van der Waals surface area contributed by atoms with Crippen molar-refractivity contribution in [2.24, 2.45) is 0 Å². The van der Waals surface area contributed by atoms with E-state index in [1.165, 1.54) is 30.9 Å². The molecule has 0 saturated carbocycles. The Morgan fingerprint density at radius 3 is 2.50 bits per heavy atom. The Kier molecular flexibility index (Phi) is 5.79. The minimum absolute atomic E-state index is 0.209. The average molecular weight is 385 g/mol. The first kappa shape index (κ1) is 18.6. The Bertz CT molecular complexity index is 869. The Morgan fingerprint density at radius 1 is 1.21 bits per heavy atom. The molecule has 0 aliphatic heterocycles. The highest BCUT2D eigenvalue weighted by Crippen LogP contribution is 2.28. The van der Waals surface area contributed by atoms with Crippen LogP contribution in [-0.4, -0.2) is 33.9 Å². The van der Waals surface area contributed by atoms with E-state index in [-0.39, 0.29) is 10.6 Å². The minimum Gasteiger partial charge on any atom is -0.321 e. The first-order valence-corrected chi connectivity index (χ1v) is 10.4. The van der Waals surface area contributed by atoms with Gasteiger partial charge >= 0.3 is 0 Å². The average Bonchev–Trinajstić information content (AvgIpc) is 2.54. The molecule has 0 bridgehead atoms. The number of benzene rings is 2. The fraction of sp³-hybridized carbons (Fsp3) is 0.188. The van der Waals surface area contributed by atoms with E-state index >= 15 is 0 Å². The number of anilines is 2. The zero-order valence-electron chi connectivity index (χ0n) is 13.4. The van der Waals surface area contributed by atoms with Crippen LogP contribution in [-0.2, 0) is 10.0 Å². The molecule has 0 aliphatic carbocycles. The predicted molar refractivity (Wildman–Crippen MR) is 101 cm³/mol. The van der Waals surface area contributed by atoms with Crippen molar-refractivity contribution in [2.45, 2.75) is 4.90 Å². The lowest BCUT2D eigenvalue weighted by Crippen LogP contribution is -2.25. The summed E-state index contributed by atoms with van der Waals surface area (Å²) in [6.45, 7) is 0. The first-order valence-electron chi connectivity index (χ1n) is 6.92. The number of para-hydroxylation sites is 1. The van der Waals surface area contributed by atoms with Crippen molar-refractivity contribution in [2.75, 3.05) is 29.2 Å². The van der Waals surface area contributed by atoms with Gasteiger partial charge in [-0.2, -0.15) is 0 Å². The summed E-state index contributed by atoms with van der Waals surface area (Å²) in [6.07, 6.45) is 3.01. The number of carbonyl (C=O) groups is 1. The normalized spacial score (nSPS) is 11.2. The molecule has 0 atom stereocenters. The lowest BCUT2D eigenvalue weighted by atomic mass is 10.1. The zero-order valence-corrected chi connectivity index (χ0v) is 15.8. The van der Waals surface area contributed by atoms with Crippen molar-refractivity contribution in [3.8, 4) is 0 Å². The summed E-state index contributed by atoms with van der Waals surface area (Å²) in [7, 11) is -2.01. The highest BCUT2D eigenvalue weighted by atomic mass is 35.5. The Balaban J connectivity index is 2.36. The Morgan fingerprint density at radius 2 is 1.88 bits per heavy atom. The molecule has 0 saturated heterocycles. The third kappa shape index (κ3) is 4.23. The summed E-state index contributed by atoms with van der Waals surface area (Å²) in [5.74, 6) is -0.398. The summed E-state index contributed by atoms with van der Waals surface area (Å²) < 4.78 is 24.4. The van der Waals surface area contributed by atoms with Gasteiger partial charge in [-0.3, -0.25) is 9.10 Å². The van der Waals surface area contributed by atoms with Gasteiger partial charge in [0.05, 0.1) is 28.2 Å². The molecule has 2 rings (SSSR count). The molecule has 1 N–H and O–H groups in total. The van der Waals surface area contributed by atoms with Gasteiger partial charge in [0.1, 0.15) is 0 Å². The SMILES string of the molecule is CSc1ccccc1NC(=O)c1cc(N(C)S(C)(=O)=O)ccc1Cl. The predicted octanol–water partition coefficient (Wildman–Crippen LogP) is 3.71. The van der Waals surface area contributed by atoms with Gasteiger partial charge in [-0.1, -0.05) is 23.7 Å². The summed E-state index contributed by atoms with van der Waals surface area (Å²) in [6, 6.07) is 11.9. The molecule has 5 nitrogen and oxygen atoms in total. The van der Waals surface area contributed by atoms with Crippen molar-refractivity contribution in [3.63, 3.8) is 0 Å². The number of halogens is 1. The third-order valence-electron chi connectivity index (χ3n) is 3.41. The van der Waals surface area contributed by atoms with Crippen LogP contribution in [0.5, 0.6) is 0 Å². The van der Waals surface area contributed by atoms with Crippen molar-refractivity contribution in [3.05, 3.63) is 53.1 Å². The Labute approximate surface area is 151 Å². The van der Waals surface area contributed by atoms with Crippen LogP contribution >= 0.6 is 23.4 Å². The lowest BCUT2D eigenvalue weighted by molar-refractivity contribution is 0.102. The van der Waals surface area contributed by atoms with Gasteiger partial charge in [0.25, 0.3) is 5.91 Å². The van der Waals surface area contributed by atoms with Crippen LogP contribution in [0.3, 0.4) is 0 Å². The fourth-order valence-corrected chi connectivity index (χ4v) is 3.27. The number of hydrogen-bond acceptors (Lipinski definition) is 4. The highest BCUT2D eigenvalue weighted by Gasteiger charge is 2.17. The maximum atomic E-state index is 12.6. The van der Waals surface area contributed by atoms with Gasteiger partial charge < -0.3 is 5.32 Å². The molecule has 0 aromatic heterocycles. The number of rotatable bonds is 5. The molecule has 0 radical (unpaired) electrons. The molecule has 0 unspecified atom stereocenters. The van der Waals surface area contributed by atoms with Gasteiger partial charge in [0.2, 0.25) is 10.0 Å². The van der Waals surface area contributed by atoms with E-state index in [2.05, 4.69) is 5.32 Å². The lowest BCUT2D eigenvalue weighted by Gasteiger charge is -2.18. The van der Waals surface area contributed by atoms with Crippen LogP contribution in [0.1, 0.15) is 10.4 Å². The second-order valence-corrected chi connectivity index (χ2v) is 8.32. The standard InChI is InChI=1S/C16H17ClN2O3S2/c1-19(24(3,21)22)11-8-9-13(17)12(10-11)16(20)18-14-6-4-5-7-15(14)23-2/h4-10H,1-3H3,(H,18,20). The van der Waals surface area contributed by atoms with Crippen LogP contribution < -0.4 is 9.62 Å². The fourth-order valence-electron chi connectivity index (χ4n) is 2.01. The van der Waals surface area contributed by atoms with Crippen LogP contribution in [0.4, 0.5) is 11.4 Å². The number of thioether (sulfide) groups is 1. The van der Waals surface area contributed by atoms with Gasteiger partial charge in [-0.15, -0.1) is 11.8 Å². The number of amides is 1. The second kappa shape index (κ2) is 7.46. The van der Waals surface area contributed by atoms with Crippen LogP contribution in [0.25, 0.3) is 0 Å². The second-order valence-electron chi connectivity index (χ2n) is 5.05.